The number of ether oxygens (including phenoxy) is 1. The molecule has 0 aliphatic carbocycles. The second-order valence-corrected chi connectivity index (χ2v) is 7.27. The maximum atomic E-state index is 12.9. The molecule has 0 bridgehead atoms. The van der Waals surface area contributed by atoms with E-state index in [1.54, 1.807) is 24.3 Å². The number of anilines is 1. The number of nitrogens with one attached hydrogen (secondary N) is 2. The molecule has 1 aromatic rings. The number of amides is 2. The molecule has 2 amide bonds. The summed E-state index contributed by atoms with van der Waals surface area (Å²) in [5, 5.41) is 5.53. The van der Waals surface area contributed by atoms with Gasteiger partial charge in [0.2, 0.25) is 5.91 Å². The summed E-state index contributed by atoms with van der Waals surface area (Å²) >= 11 is 5.19. The molecule has 0 saturated carbocycles. The highest BCUT2D eigenvalue weighted by molar-refractivity contribution is 7.80. The summed E-state index contributed by atoms with van der Waals surface area (Å²) in [6.07, 6.45) is 0.706. The van der Waals surface area contributed by atoms with Gasteiger partial charge < -0.3 is 25.2 Å². The fourth-order valence-corrected chi connectivity index (χ4v) is 3.03. The summed E-state index contributed by atoms with van der Waals surface area (Å²) in [7, 11) is 2.03. The molecule has 0 atom stereocenters. The van der Waals surface area contributed by atoms with Crippen LogP contribution in [0.25, 0.3) is 0 Å². The van der Waals surface area contributed by atoms with Crippen molar-refractivity contribution < 1.29 is 19.1 Å². The van der Waals surface area contributed by atoms with E-state index < -0.39 is 5.97 Å². The zero-order valence-corrected chi connectivity index (χ0v) is 17.7. The lowest BCUT2D eigenvalue weighted by molar-refractivity contribution is -0.144. The SMILES string of the molecule is CCCOC(=O)CCC(=O)NC(=S)Nc1ccccc1C(=O)N1CCN(C)CC1. The van der Waals surface area contributed by atoms with Gasteiger partial charge in [-0.25, -0.2) is 0 Å². The molecule has 0 spiro atoms. The lowest BCUT2D eigenvalue weighted by Crippen LogP contribution is -2.47. The van der Waals surface area contributed by atoms with E-state index in [0.717, 1.165) is 19.5 Å². The second-order valence-electron chi connectivity index (χ2n) is 6.86. The topological polar surface area (TPSA) is 91.0 Å². The van der Waals surface area contributed by atoms with Crippen molar-refractivity contribution in [2.75, 3.05) is 45.2 Å². The number of thiocarbonyl (C=S) groups is 1. The van der Waals surface area contributed by atoms with Crippen molar-refractivity contribution in [3.05, 3.63) is 29.8 Å². The van der Waals surface area contributed by atoms with Crippen LogP contribution in [0.3, 0.4) is 0 Å². The van der Waals surface area contributed by atoms with Gasteiger partial charge in [-0.1, -0.05) is 19.1 Å². The third kappa shape index (κ3) is 7.43. The minimum atomic E-state index is -0.413. The molecule has 29 heavy (non-hydrogen) atoms. The average molecular weight is 421 g/mol. The number of nitrogens with zero attached hydrogens (tertiary/aromatic N) is 2. The van der Waals surface area contributed by atoms with Crippen LogP contribution >= 0.6 is 12.2 Å². The van der Waals surface area contributed by atoms with E-state index in [1.165, 1.54) is 0 Å². The van der Waals surface area contributed by atoms with Crippen molar-refractivity contribution in [1.82, 2.24) is 15.1 Å². The fraction of sp³-hybridized carbons (Fsp3) is 0.500. The van der Waals surface area contributed by atoms with Crippen LogP contribution in [0.15, 0.2) is 24.3 Å². The summed E-state index contributed by atoms with van der Waals surface area (Å²) < 4.78 is 4.94. The number of rotatable bonds is 7. The molecule has 1 fully saturated rings. The second kappa shape index (κ2) is 11.5. The molecule has 0 radical (unpaired) electrons. The molecular formula is C20H28N4O4S. The van der Waals surface area contributed by atoms with Gasteiger partial charge in [-0.2, -0.15) is 0 Å². The molecule has 0 unspecified atom stereocenters. The smallest absolute Gasteiger partial charge is 0.306 e. The summed E-state index contributed by atoms with van der Waals surface area (Å²) in [5.74, 6) is -0.878. The van der Waals surface area contributed by atoms with Crippen molar-refractivity contribution in [2.45, 2.75) is 26.2 Å². The molecule has 1 aliphatic rings. The molecule has 158 valence electrons. The van der Waals surface area contributed by atoms with Crippen LogP contribution in [0.1, 0.15) is 36.5 Å². The summed E-state index contributed by atoms with van der Waals surface area (Å²) in [6.45, 7) is 5.24. The van der Waals surface area contributed by atoms with Gasteiger partial charge >= 0.3 is 5.97 Å². The first-order chi connectivity index (χ1) is 13.9. The Hall–Kier alpha value is -2.52. The number of hydrogen-bond acceptors (Lipinski definition) is 6. The minimum Gasteiger partial charge on any atom is -0.466 e. The van der Waals surface area contributed by atoms with Crippen LogP contribution in [0.4, 0.5) is 5.69 Å². The number of carbonyl (C=O) groups is 3. The maximum Gasteiger partial charge on any atom is 0.306 e. The van der Waals surface area contributed by atoms with Crippen molar-refractivity contribution >= 4 is 40.8 Å². The van der Waals surface area contributed by atoms with Gasteiger partial charge in [-0.05, 0) is 37.8 Å². The van der Waals surface area contributed by atoms with E-state index in [4.69, 9.17) is 17.0 Å². The van der Waals surface area contributed by atoms with Crippen LogP contribution < -0.4 is 10.6 Å². The molecule has 9 heteroatoms. The number of benzene rings is 1. The van der Waals surface area contributed by atoms with E-state index >= 15 is 0 Å². The van der Waals surface area contributed by atoms with Crippen LogP contribution in [-0.4, -0.2) is 72.5 Å². The third-order valence-electron chi connectivity index (χ3n) is 4.47. The highest BCUT2D eigenvalue weighted by atomic mass is 32.1. The standard InChI is InChI=1S/C20H28N4O4S/c1-3-14-28-18(26)9-8-17(25)22-20(29)21-16-7-5-4-6-15(16)19(27)24-12-10-23(2)11-13-24/h4-7H,3,8-14H2,1-2H3,(H2,21,22,25,29). The van der Waals surface area contributed by atoms with E-state index in [0.29, 0.717) is 30.9 Å². The molecule has 1 aromatic carbocycles. The van der Waals surface area contributed by atoms with Crippen molar-refractivity contribution in [2.24, 2.45) is 0 Å². The van der Waals surface area contributed by atoms with Gasteiger partial charge in [0, 0.05) is 32.6 Å². The first-order valence-electron chi connectivity index (χ1n) is 9.74. The van der Waals surface area contributed by atoms with Gasteiger partial charge in [0.1, 0.15) is 0 Å². The Kier molecular flexibility index (Phi) is 9.01. The van der Waals surface area contributed by atoms with Crippen LogP contribution in [0, 0.1) is 0 Å². The van der Waals surface area contributed by atoms with E-state index in [1.807, 2.05) is 18.9 Å². The Morgan fingerprint density at radius 2 is 1.79 bits per heavy atom. The number of para-hydroxylation sites is 1. The first-order valence-corrected chi connectivity index (χ1v) is 10.1. The number of piperazine rings is 1. The van der Waals surface area contributed by atoms with Gasteiger partial charge in [-0.3, -0.25) is 14.4 Å². The van der Waals surface area contributed by atoms with E-state index in [2.05, 4.69) is 15.5 Å². The Morgan fingerprint density at radius 1 is 1.10 bits per heavy atom. The minimum absolute atomic E-state index is 0.00702. The predicted octanol–water partition coefficient (Wildman–Crippen LogP) is 1.62. The number of esters is 1. The molecule has 1 saturated heterocycles. The molecule has 1 aliphatic heterocycles. The van der Waals surface area contributed by atoms with E-state index in [9.17, 15) is 14.4 Å². The molecule has 8 nitrogen and oxygen atoms in total. The summed E-state index contributed by atoms with van der Waals surface area (Å²) in [6, 6.07) is 7.05. The van der Waals surface area contributed by atoms with Crippen molar-refractivity contribution in [1.29, 1.82) is 0 Å². The zero-order valence-electron chi connectivity index (χ0n) is 16.9. The van der Waals surface area contributed by atoms with Crippen LogP contribution in [0.2, 0.25) is 0 Å². The van der Waals surface area contributed by atoms with Gasteiger partial charge in [0.25, 0.3) is 5.91 Å². The molecule has 0 aromatic heterocycles. The van der Waals surface area contributed by atoms with Crippen LogP contribution in [-0.2, 0) is 14.3 Å². The largest absolute Gasteiger partial charge is 0.466 e. The third-order valence-corrected chi connectivity index (χ3v) is 4.68. The summed E-state index contributed by atoms with van der Waals surface area (Å²) in [5.41, 5.74) is 1.03. The van der Waals surface area contributed by atoms with E-state index in [-0.39, 0.29) is 29.8 Å². The fourth-order valence-electron chi connectivity index (χ4n) is 2.80. The highest BCUT2D eigenvalue weighted by Gasteiger charge is 2.22. The molecule has 2 rings (SSSR count). The highest BCUT2D eigenvalue weighted by Crippen LogP contribution is 2.18. The molecular weight excluding hydrogens is 392 g/mol. The Balaban J connectivity index is 1.89. The molecule has 1 heterocycles. The maximum absolute atomic E-state index is 12.9. The quantitative estimate of drug-likeness (QED) is 0.512. The Labute approximate surface area is 176 Å². The van der Waals surface area contributed by atoms with Crippen molar-refractivity contribution in [3.63, 3.8) is 0 Å². The van der Waals surface area contributed by atoms with Gasteiger partial charge in [0.05, 0.1) is 24.3 Å². The first kappa shape index (κ1) is 22.8. The normalized spacial score (nSPS) is 14.2. The number of hydrogen-bond donors (Lipinski definition) is 2. The predicted molar refractivity (Wildman–Crippen MR) is 115 cm³/mol. The van der Waals surface area contributed by atoms with Gasteiger partial charge in [0.15, 0.2) is 5.11 Å². The Bertz CT molecular complexity index is 748. The zero-order chi connectivity index (χ0) is 21.2. The number of carbonyl (C=O) groups excluding carboxylic acids is 3. The molecule has 2 N–H and O–H groups in total. The summed E-state index contributed by atoms with van der Waals surface area (Å²) in [4.78, 5) is 40.3. The lowest BCUT2D eigenvalue weighted by Gasteiger charge is -2.32. The Morgan fingerprint density at radius 3 is 2.48 bits per heavy atom. The average Bonchev–Trinajstić information content (AvgIpc) is 2.71. The van der Waals surface area contributed by atoms with Gasteiger partial charge in [-0.15, -0.1) is 0 Å². The monoisotopic (exact) mass is 420 g/mol. The van der Waals surface area contributed by atoms with Crippen molar-refractivity contribution in [3.8, 4) is 0 Å². The number of likely N-dealkylation sites (N-methyl/N-ethyl adjacent to an activating group) is 1. The van der Waals surface area contributed by atoms with Crippen LogP contribution in [0.5, 0.6) is 0 Å². The lowest BCUT2D eigenvalue weighted by atomic mass is 10.1.